The van der Waals surface area contributed by atoms with E-state index in [1.807, 2.05) is 6.92 Å². The van der Waals surface area contributed by atoms with E-state index >= 15 is 0 Å². The van der Waals surface area contributed by atoms with Crippen LogP contribution in [0.25, 0.3) is 0 Å². The van der Waals surface area contributed by atoms with Crippen LogP contribution >= 0.6 is 23.5 Å². The summed E-state index contributed by atoms with van der Waals surface area (Å²) < 4.78 is 145. The minimum atomic E-state index is -4.79. The van der Waals surface area contributed by atoms with Crippen LogP contribution in [0.15, 0.2) is 10.2 Å². The first-order valence-corrected chi connectivity index (χ1v) is 25.3. The van der Waals surface area contributed by atoms with Crippen molar-refractivity contribution in [1.29, 1.82) is 0 Å². The third-order valence-corrected chi connectivity index (χ3v) is 16.6. The molecule has 56 heavy (non-hydrogen) atoms. The fraction of sp³-hybridized carbons (Fsp3) is 1.00. The van der Waals surface area contributed by atoms with E-state index in [0.717, 1.165) is 0 Å². The van der Waals surface area contributed by atoms with E-state index in [1.165, 1.54) is 23.5 Å². The largest absolute Gasteiger partial charge is 1.00 e. The van der Waals surface area contributed by atoms with Gasteiger partial charge in [-0.05, 0) is 80.6 Å². The smallest absolute Gasteiger partial charge is 0.748 e. The molecule has 29 heteroatoms. The summed E-state index contributed by atoms with van der Waals surface area (Å²) in [5.41, 5.74) is -0.788. The Hall–Kier alpha value is 6.29. The normalized spacial score (nSPS) is 34.2. The van der Waals surface area contributed by atoms with Crippen molar-refractivity contribution in [3.8, 4) is 0 Å². The quantitative estimate of drug-likeness (QED) is 0.0455. The molecule has 0 aromatic heterocycles. The fourth-order valence-corrected chi connectivity index (χ4v) is 13.7. The number of nitrogens with one attached hydrogen (secondary N) is 4. The summed E-state index contributed by atoms with van der Waals surface area (Å²) in [5, 5.41) is 19.9. The maximum absolute atomic E-state index is 12.3. The maximum atomic E-state index is 12.3. The van der Waals surface area contributed by atoms with Gasteiger partial charge in [0, 0.05) is 24.7 Å². The van der Waals surface area contributed by atoms with E-state index < -0.39 is 97.6 Å². The predicted octanol–water partition coefficient (Wildman–Crippen LogP) is -12.4. The average Bonchev–Trinajstić information content (AvgIpc) is 3.02. The molecular weight excluding hydrogens is 965 g/mol. The van der Waals surface area contributed by atoms with Crippen LogP contribution in [0.2, 0.25) is 0 Å². The number of azo groups is 1. The Morgan fingerprint density at radius 3 is 1.71 bits per heavy atom. The zero-order chi connectivity index (χ0) is 38.5. The first-order chi connectivity index (χ1) is 24.1. The van der Waals surface area contributed by atoms with Crippen molar-refractivity contribution in [2.45, 2.75) is 117 Å². The molecule has 19 nitrogen and oxygen atoms in total. The number of fused-ring (bicyclic) bond motifs is 1. The van der Waals surface area contributed by atoms with Gasteiger partial charge in [-0.2, -0.15) is 10.2 Å². The van der Waals surface area contributed by atoms with Gasteiger partial charge >= 0.3 is 206 Å². The van der Waals surface area contributed by atoms with Gasteiger partial charge in [0.05, 0.1) is 69.2 Å². The first-order valence-electron chi connectivity index (χ1n) is 17.1. The number of hydrogen-bond acceptors (Lipinski definition) is 21. The number of methoxy groups -OCH3 is 1. The van der Waals surface area contributed by atoms with Gasteiger partial charge < -0.3 is 22.9 Å². The molecular formula is C27H48K4N6O13S6. The molecule has 304 valence electrons. The standard InChI is InChI=1S/C27H52N6O13S6.4K/c1-16-12-21(28-25-29-26(47-8-4-10-49(34,35)36)31-27(30-25)48-9-5-11-50(37,38)39)22(46-2)15-20(16)33-32-17-13-19-18(24(14-17)52(43,44)45)6-3-7-23(19)51(40,41)42;;;;/h16-31H,3-15H2,1-2H3,(H,34,35,36)(H,37,38,39)(H,40,41,42)(H,43,44,45);;;;/q;4*+1/p-4. The molecule has 4 fully saturated rings. The second kappa shape index (κ2) is 28.6. The Morgan fingerprint density at radius 1 is 0.696 bits per heavy atom. The summed E-state index contributed by atoms with van der Waals surface area (Å²) >= 11 is 2.71. The van der Waals surface area contributed by atoms with Crippen LogP contribution in [0.1, 0.15) is 64.7 Å². The molecule has 0 spiro atoms. The maximum Gasteiger partial charge on any atom is 1.00 e. The summed E-state index contributed by atoms with van der Waals surface area (Å²) in [7, 11) is -16.7. The van der Waals surface area contributed by atoms with Crippen LogP contribution in [0.3, 0.4) is 0 Å². The van der Waals surface area contributed by atoms with Gasteiger partial charge in [0.25, 0.3) is 0 Å². The van der Waals surface area contributed by atoms with Crippen LogP contribution in [-0.2, 0) is 45.2 Å². The molecule has 1 saturated heterocycles. The van der Waals surface area contributed by atoms with Crippen molar-refractivity contribution in [2.75, 3.05) is 30.1 Å². The van der Waals surface area contributed by atoms with E-state index in [2.05, 4.69) is 31.5 Å². The van der Waals surface area contributed by atoms with E-state index in [-0.39, 0.29) is 262 Å². The van der Waals surface area contributed by atoms with Crippen LogP contribution in [-0.4, -0.2) is 134 Å². The van der Waals surface area contributed by atoms with Gasteiger partial charge in [-0.1, -0.05) is 13.3 Å². The minimum absolute atomic E-state index is 0. The third kappa shape index (κ3) is 21.5. The molecule has 11 unspecified atom stereocenters. The summed E-state index contributed by atoms with van der Waals surface area (Å²) in [6.07, 6.45) is 1.30. The SMILES string of the molecule is COC1CC(N=NC2CC3C(CCCC3S(=O)(=O)[O-])C(S(=O)(=O)[O-])C2)C(C)CC1NC1NC(SCCCS(=O)(=O)[O-])NC(SCCCS(=O)(=O)[O-])N1.[K+].[K+].[K+].[K+]. The summed E-state index contributed by atoms with van der Waals surface area (Å²) in [4.78, 5) is 0. The molecule has 0 aromatic rings. The molecule has 1 heterocycles. The van der Waals surface area contributed by atoms with Gasteiger partial charge in [0.15, 0.2) is 0 Å². The zero-order valence-corrected chi connectivity index (χ0v) is 50.2. The Balaban J connectivity index is 0.00000756. The topological polar surface area (TPSA) is 311 Å². The molecule has 11 atom stereocenters. The predicted molar refractivity (Wildman–Crippen MR) is 190 cm³/mol. The van der Waals surface area contributed by atoms with E-state index in [4.69, 9.17) is 4.74 Å². The van der Waals surface area contributed by atoms with Crippen LogP contribution in [0.4, 0.5) is 0 Å². The van der Waals surface area contributed by atoms with Crippen molar-refractivity contribution in [1.82, 2.24) is 21.3 Å². The number of thioether (sulfide) groups is 2. The molecule has 1 aliphatic heterocycles. The molecule has 0 bridgehead atoms. The molecule has 3 aliphatic carbocycles. The van der Waals surface area contributed by atoms with Gasteiger partial charge in [-0.3, -0.25) is 21.3 Å². The summed E-state index contributed by atoms with van der Waals surface area (Å²) in [6, 6.07) is -1.29. The zero-order valence-electron chi connectivity index (χ0n) is 32.8. The number of ether oxygens (including phenoxy) is 1. The third-order valence-electron chi connectivity index (χ3n) is 10.2. The molecule has 4 N–H and O–H groups in total. The van der Waals surface area contributed by atoms with Crippen LogP contribution < -0.4 is 227 Å². The molecule has 3 saturated carbocycles. The second-order valence-corrected chi connectivity index (χ2v) is 22.6. The van der Waals surface area contributed by atoms with Crippen molar-refractivity contribution < 1.29 is 262 Å². The number of rotatable bonds is 17. The molecule has 0 radical (unpaired) electrons. The van der Waals surface area contributed by atoms with Crippen molar-refractivity contribution in [3.05, 3.63) is 0 Å². The number of nitrogens with zero attached hydrogens (tertiary/aromatic N) is 2. The first kappa shape index (κ1) is 62.3. The molecule has 4 rings (SSSR count). The fourth-order valence-electron chi connectivity index (χ4n) is 7.77. The number of hydrogen-bond donors (Lipinski definition) is 4. The van der Waals surface area contributed by atoms with Crippen molar-refractivity contribution >= 4 is 64.0 Å². The Morgan fingerprint density at radius 2 is 1.23 bits per heavy atom. The second-order valence-electron chi connectivity index (χ2n) is 13.9. The monoisotopic (exact) mass is 1010 g/mol. The van der Waals surface area contributed by atoms with Gasteiger partial charge in [0.1, 0.15) is 17.3 Å². The Kier molecular flexibility index (Phi) is 31.8. The van der Waals surface area contributed by atoms with Crippen molar-refractivity contribution in [2.24, 2.45) is 28.0 Å². The van der Waals surface area contributed by atoms with E-state index in [1.54, 1.807) is 7.11 Å². The summed E-state index contributed by atoms with van der Waals surface area (Å²) in [5.74, 6) is -1.83. The van der Waals surface area contributed by atoms with Crippen LogP contribution in [0.5, 0.6) is 0 Å². The van der Waals surface area contributed by atoms with Crippen LogP contribution in [0, 0.1) is 17.8 Å². The van der Waals surface area contributed by atoms with E-state index in [0.29, 0.717) is 37.2 Å². The molecule has 0 aromatic carbocycles. The van der Waals surface area contributed by atoms with Gasteiger partial charge in [-0.25, -0.2) is 33.7 Å². The molecule has 0 amide bonds. The Bertz CT molecular complexity index is 1630. The molecule has 4 aliphatic rings. The van der Waals surface area contributed by atoms with Gasteiger partial charge in [0.2, 0.25) is 0 Å². The average molecular weight is 1010 g/mol. The summed E-state index contributed by atoms with van der Waals surface area (Å²) in [6.45, 7) is 1.97. The minimum Gasteiger partial charge on any atom is -0.748 e. The van der Waals surface area contributed by atoms with Gasteiger partial charge in [-0.15, -0.1) is 23.5 Å². The Labute approximate surface area is 510 Å². The van der Waals surface area contributed by atoms with E-state index in [9.17, 15) is 51.9 Å². The van der Waals surface area contributed by atoms with Crippen molar-refractivity contribution in [3.63, 3.8) is 0 Å².